The first-order chi connectivity index (χ1) is 11.1. The second kappa shape index (κ2) is 8.44. The highest BCUT2D eigenvalue weighted by molar-refractivity contribution is 5.80. The molecule has 0 aliphatic rings. The van der Waals surface area contributed by atoms with E-state index in [1.807, 2.05) is 73.7 Å². The Labute approximate surface area is 136 Å². The number of aryl methyl sites for hydroxylation is 1. The number of hydrazine groups is 1. The molecule has 0 atom stereocenters. The van der Waals surface area contributed by atoms with E-state index in [2.05, 4.69) is 22.7 Å². The van der Waals surface area contributed by atoms with Gasteiger partial charge < -0.3 is 5.32 Å². The van der Waals surface area contributed by atoms with Crippen molar-refractivity contribution in [3.05, 3.63) is 84.1 Å². The van der Waals surface area contributed by atoms with Gasteiger partial charge in [0.15, 0.2) is 0 Å². The maximum atomic E-state index is 11.8. The molecule has 0 aliphatic carbocycles. The van der Waals surface area contributed by atoms with E-state index in [1.165, 1.54) is 5.56 Å². The zero-order chi connectivity index (χ0) is 16.5. The summed E-state index contributed by atoms with van der Waals surface area (Å²) in [5.41, 5.74) is 9.15. The first-order valence-electron chi connectivity index (χ1n) is 7.41. The fourth-order valence-electron chi connectivity index (χ4n) is 1.85. The lowest BCUT2D eigenvalue weighted by molar-refractivity contribution is -0.120. The number of benzene rings is 2. The van der Waals surface area contributed by atoms with Crippen LogP contribution >= 0.6 is 0 Å². The van der Waals surface area contributed by atoms with Crippen LogP contribution in [0.5, 0.6) is 0 Å². The molecule has 23 heavy (non-hydrogen) atoms. The number of hydrogen-bond acceptors (Lipinski definition) is 3. The second-order valence-corrected chi connectivity index (χ2v) is 5.16. The third-order valence-electron chi connectivity index (χ3n) is 3.14. The first kappa shape index (κ1) is 16.4. The fraction of sp³-hybridized carbons (Fsp3) is 0.105. The van der Waals surface area contributed by atoms with E-state index in [4.69, 9.17) is 0 Å². The van der Waals surface area contributed by atoms with Crippen LogP contribution in [0.2, 0.25) is 0 Å². The van der Waals surface area contributed by atoms with Crippen LogP contribution in [0.15, 0.2) is 72.9 Å². The normalized spacial score (nSPS) is 10.3. The van der Waals surface area contributed by atoms with E-state index in [1.54, 1.807) is 0 Å². The lowest BCUT2D eigenvalue weighted by atomic mass is 10.2. The third-order valence-corrected chi connectivity index (χ3v) is 3.14. The molecule has 0 radical (unpaired) electrons. The minimum Gasteiger partial charge on any atom is -0.376 e. The monoisotopic (exact) mass is 307 g/mol. The third kappa shape index (κ3) is 6.09. The number of amides is 1. The van der Waals surface area contributed by atoms with Crippen LogP contribution in [0, 0.1) is 6.92 Å². The maximum absolute atomic E-state index is 11.8. The van der Waals surface area contributed by atoms with Gasteiger partial charge in [-0.25, -0.2) is 0 Å². The molecule has 0 unspecified atom stereocenters. The van der Waals surface area contributed by atoms with Crippen LogP contribution in [0.4, 0.5) is 5.69 Å². The SMILES string of the molecule is C=C(/C=C/c1ccccc1)NNC(=O)CNc1ccc(C)cc1. The van der Waals surface area contributed by atoms with E-state index in [0.717, 1.165) is 11.3 Å². The Balaban J connectivity index is 1.70. The molecule has 2 aromatic carbocycles. The Morgan fingerprint density at radius 2 is 1.74 bits per heavy atom. The van der Waals surface area contributed by atoms with Gasteiger partial charge in [0.1, 0.15) is 0 Å². The van der Waals surface area contributed by atoms with Gasteiger partial charge >= 0.3 is 0 Å². The van der Waals surface area contributed by atoms with Gasteiger partial charge in [-0.3, -0.25) is 15.6 Å². The number of rotatable bonds is 7. The Hall–Kier alpha value is -3.01. The minimum absolute atomic E-state index is 0.167. The molecular formula is C19H21N3O. The van der Waals surface area contributed by atoms with Crippen molar-refractivity contribution in [2.24, 2.45) is 0 Å². The van der Waals surface area contributed by atoms with Crippen LogP contribution in [0.1, 0.15) is 11.1 Å². The summed E-state index contributed by atoms with van der Waals surface area (Å²) in [5, 5.41) is 3.05. The lowest BCUT2D eigenvalue weighted by Gasteiger charge is -2.10. The van der Waals surface area contributed by atoms with Crippen molar-refractivity contribution in [1.82, 2.24) is 10.9 Å². The van der Waals surface area contributed by atoms with Crippen molar-refractivity contribution in [3.8, 4) is 0 Å². The topological polar surface area (TPSA) is 53.2 Å². The minimum atomic E-state index is -0.167. The van der Waals surface area contributed by atoms with Crippen LogP contribution in [0.3, 0.4) is 0 Å². The van der Waals surface area contributed by atoms with Crippen LogP contribution < -0.4 is 16.2 Å². The van der Waals surface area contributed by atoms with Crippen molar-refractivity contribution in [2.45, 2.75) is 6.92 Å². The average molecular weight is 307 g/mol. The van der Waals surface area contributed by atoms with Gasteiger partial charge in [0, 0.05) is 11.4 Å². The molecule has 0 saturated carbocycles. The van der Waals surface area contributed by atoms with E-state index in [0.29, 0.717) is 5.70 Å². The van der Waals surface area contributed by atoms with Crippen molar-refractivity contribution in [3.63, 3.8) is 0 Å². The van der Waals surface area contributed by atoms with E-state index in [9.17, 15) is 4.79 Å². The van der Waals surface area contributed by atoms with E-state index in [-0.39, 0.29) is 12.5 Å². The van der Waals surface area contributed by atoms with Crippen molar-refractivity contribution < 1.29 is 4.79 Å². The smallest absolute Gasteiger partial charge is 0.257 e. The van der Waals surface area contributed by atoms with Crippen molar-refractivity contribution in [1.29, 1.82) is 0 Å². The highest BCUT2D eigenvalue weighted by atomic mass is 16.2. The predicted octanol–water partition coefficient (Wildman–Crippen LogP) is 3.25. The quantitative estimate of drug-likeness (QED) is 0.543. The van der Waals surface area contributed by atoms with E-state index >= 15 is 0 Å². The van der Waals surface area contributed by atoms with Gasteiger partial charge in [-0.1, -0.05) is 60.7 Å². The fourth-order valence-corrected chi connectivity index (χ4v) is 1.85. The molecule has 0 saturated heterocycles. The first-order valence-corrected chi connectivity index (χ1v) is 7.41. The highest BCUT2D eigenvalue weighted by Gasteiger charge is 2.00. The van der Waals surface area contributed by atoms with E-state index < -0.39 is 0 Å². The molecule has 4 nitrogen and oxygen atoms in total. The molecule has 118 valence electrons. The summed E-state index contributed by atoms with van der Waals surface area (Å²) in [6.07, 6.45) is 3.73. The molecule has 4 heteroatoms. The largest absolute Gasteiger partial charge is 0.376 e. The zero-order valence-electron chi connectivity index (χ0n) is 13.2. The Kier molecular flexibility index (Phi) is 6.00. The molecule has 2 rings (SSSR count). The molecule has 3 N–H and O–H groups in total. The number of carbonyl (C=O) groups is 1. The van der Waals surface area contributed by atoms with Gasteiger partial charge in [0.2, 0.25) is 0 Å². The number of nitrogens with one attached hydrogen (secondary N) is 3. The molecule has 0 aliphatic heterocycles. The van der Waals surface area contributed by atoms with Gasteiger partial charge in [0.05, 0.1) is 6.54 Å². The molecular weight excluding hydrogens is 286 g/mol. The number of anilines is 1. The lowest BCUT2D eigenvalue weighted by Crippen LogP contribution is -2.39. The molecule has 0 spiro atoms. The summed E-state index contributed by atoms with van der Waals surface area (Å²) in [4.78, 5) is 11.8. The molecule has 0 fully saturated rings. The number of allylic oxidation sites excluding steroid dienone is 1. The van der Waals surface area contributed by atoms with Gasteiger partial charge in [-0.2, -0.15) is 0 Å². The summed E-state index contributed by atoms with van der Waals surface area (Å²) in [7, 11) is 0. The summed E-state index contributed by atoms with van der Waals surface area (Å²) in [6, 6.07) is 17.8. The number of hydrogen-bond donors (Lipinski definition) is 3. The number of carbonyl (C=O) groups excluding carboxylic acids is 1. The van der Waals surface area contributed by atoms with Gasteiger partial charge in [-0.05, 0) is 30.7 Å². The Morgan fingerprint density at radius 1 is 1.04 bits per heavy atom. The van der Waals surface area contributed by atoms with Crippen LogP contribution in [-0.4, -0.2) is 12.5 Å². The highest BCUT2D eigenvalue weighted by Crippen LogP contribution is 2.07. The predicted molar refractivity (Wildman–Crippen MR) is 95.6 cm³/mol. The summed E-state index contributed by atoms with van der Waals surface area (Å²) < 4.78 is 0. The average Bonchev–Trinajstić information content (AvgIpc) is 2.58. The Morgan fingerprint density at radius 3 is 2.43 bits per heavy atom. The summed E-state index contributed by atoms with van der Waals surface area (Å²) in [5.74, 6) is -0.167. The Bertz CT molecular complexity index is 676. The van der Waals surface area contributed by atoms with Gasteiger partial charge in [0.25, 0.3) is 5.91 Å². The van der Waals surface area contributed by atoms with Crippen LogP contribution in [-0.2, 0) is 4.79 Å². The van der Waals surface area contributed by atoms with Gasteiger partial charge in [-0.15, -0.1) is 0 Å². The summed E-state index contributed by atoms with van der Waals surface area (Å²) in [6.45, 7) is 6.05. The molecule has 2 aromatic rings. The standard InChI is InChI=1S/C19H21N3O/c1-15-8-12-18(13-9-15)20-14-19(23)22-21-16(2)10-11-17-6-4-3-5-7-17/h3-13,20-21H,2,14H2,1H3,(H,22,23)/b11-10+. The molecule has 0 aromatic heterocycles. The van der Waals surface area contributed by atoms with Crippen LogP contribution in [0.25, 0.3) is 6.08 Å². The molecule has 1 amide bonds. The zero-order valence-corrected chi connectivity index (χ0v) is 13.2. The molecule has 0 bridgehead atoms. The van der Waals surface area contributed by atoms with Crippen molar-refractivity contribution >= 4 is 17.7 Å². The molecule has 0 heterocycles. The second-order valence-electron chi connectivity index (χ2n) is 5.16. The maximum Gasteiger partial charge on any atom is 0.257 e. The van der Waals surface area contributed by atoms with Crippen molar-refractivity contribution in [2.75, 3.05) is 11.9 Å². The summed E-state index contributed by atoms with van der Waals surface area (Å²) >= 11 is 0.